The molecule has 1 aliphatic rings. The van der Waals surface area contributed by atoms with Crippen LogP contribution < -0.4 is 0 Å². The van der Waals surface area contributed by atoms with Crippen LogP contribution in [-0.4, -0.2) is 37.6 Å². The van der Waals surface area contributed by atoms with E-state index < -0.39 is 5.60 Å². The van der Waals surface area contributed by atoms with E-state index in [2.05, 4.69) is 0 Å². The monoisotopic (exact) mass is 202 g/mol. The van der Waals surface area contributed by atoms with Crippen molar-refractivity contribution in [1.82, 2.24) is 0 Å². The first-order valence-corrected chi connectivity index (χ1v) is 5.44. The van der Waals surface area contributed by atoms with Crippen LogP contribution in [-0.2, 0) is 9.47 Å². The van der Waals surface area contributed by atoms with Gasteiger partial charge in [0.25, 0.3) is 0 Å². The van der Waals surface area contributed by atoms with Crippen molar-refractivity contribution in [3.05, 3.63) is 0 Å². The molecule has 0 aromatic heterocycles. The summed E-state index contributed by atoms with van der Waals surface area (Å²) in [5, 5.41) is 10.3. The van der Waals surface area contributed by atoms with Gasteiger partial charge < -0.3 is 14.6 Å². The van der Waals surface area contributed by atoms with Crippen molar-refractivity contribution in [2.24, 2.45) is 0 Å². The van der Waals surface area contributed by atoms with E-state index in [1.165, 1.54) is 0 Å². The Labute approximate surface area is 86.4 Å². The molecular weight excluding hydrogens is 180 g/mol. The van der Waals surface area contributed by atoms with E-state index in [-0.39, 0.29) is 6.10 Å². The average Bonchev–Trinajstić information content (AvgIpc) is 2.18. The van der Waals surface area contributed by atoms with Crippen molar-refractivity contribution >= 4 is 0 Å². The number of ether oxygens (including phenoxy) is 2. The first-order valence-electron chi connectivity index (χ1n) is 5.44. The maximum Gasteiger partial charge on any atom is 0.0673 e. The Kier molecular flexibility index (Phi) is 4.85. The quantitative estimate of drug-likeness (QED) is 0.690. The summed E-state index contributed by atoms with van der Waals surface area (Å²) in [6, 6.07) is 0. The van der Waals surface area contributed by atoms with Gasteiger partial charge >= 0.3 is 0 Å². The van der Waals surface area contributed by atoms with Crippen molar-refractivity contribution in [2.75, 3.05) is 20.8 Å². The lowest BCUT2D eigenvalue weighted by Gasteiger charge is -2.36. The number of rotatable bonds is 5. The van der Waals surface area contributed by atoms with E-state index in [0.717, 1.165) is 45.1 Å². The van der Waals surface area contributed by atoms with Crippen LogP contribution in [0.25, 0.3) is 0 Å². The molecule has 0 heterocycles. The summed E-state index contributed by atoms with van der Waals surface area (Å²) in [4.78, 5) is 0. The van der Waals surface area contributed by atoms with Crippen LogP contribution in [0.3, 0.4) is 0 Å². The lowest BCUT2D eigenvalue weighted by Crippen LogP contribution is -2.38. The van der Waals surface area contributed by atoms with Gasteiger partial charge in [0.1, 0.15) is 0 Å². The summed E-state index contributed by atoms with van der Waals surface area (Å²) < 4.78 is 10.3. The third-order valence-corrected chi connectivity index (χ3v) is 3.10. The molecule has 1 N–H and O–H groups in total. The summed E-state index contributed by atoms with van der Waals surface area (Å²) in [5.41, 5.74) is -0.503. The molecule has 0 aromatic rings. The van der Waals surface area contributed by atoms with Crippen LogP contribution in [0.15, 0.2) is 0 Å². The van der Waals surface area contributed by atoms with Crippen molar-refractivity contribution < 1.29 is 14.6 Å². The van der Waals surface area contributed by atoms with Crippen molar-refractivity contribution in [3.8, 4) is 0 Å². The minimum absolute atomic E-state index is 0.247. The lowest BCUT2D eigenvalue weighted by atomic mass is 9.80. The maximum atomic E-state index is 10.3. The van der Waals surface area contributed by atoms with Crippen LogP contribution in [0, 0.1) is 0 Å². The van der Waals surface area contributed by atoms with E-state index in [1.54, 1.807) is 14.2 Å². The Balaban J connectivity index is 2.31. The molecule has 1 aliphatic carbocycles. The molecule has 0 bridgehead atoms. The van der Waals surface area contributed by atoms with Gasteiger partial charge in [-0.3, -0.25) is 0 Å². The van der Waals surface area contributed by atoms with Gasteiger partial charge in [-0.05, 0) is 32.1 Å². The molecule has 0 radical (unpaired) electrons. The van der Waals surface area contributed by atoms with Gasteiger partial charge in [-0.1, -0.05) is 0 Å². The van der Waals surface area contributed by atoms with Gasteiger partial charge in [0.15, 0.2) is 0 Å². The predicted octanol–water partition coefficient (Wildman–Crippen LogP) is 1.73. The van der Waals surface area contributed by atoms with E-state index >= 15 is 0 Å². The fourth-order valence-corrected chi connectivity index (χ4v) is 2.26. The van der Waals surface area contributed by atoms with E-state index in [4.69, 9.17) is 9.47 Å². The van der Waals surface area contributed by atoms with Gasteiger partial charge in [-0.15, -0.1) is 0 Å². The van der Waals surface area contributed by atoms with Crippen molar-refractivity contribution in [2.45, 2.75) is 50.2 Å². The molecule has 0 amide bonds. The molecule has 0 saturated heterocycles. The normalized spacial score (nSPS) is 33.2. The van der Waals surface area contributed by atoms with Crippen LogP contribution in [0.2, 0.25) is 0 Å². The molecule has 1 rings (SSSR count). The fourth-order valence-electron chi connectivity index (χ4n) is 2.26. The molecular formula is C11H22O3. The van der Waals surface area contributed by atoms with Crippen LogP contribution in [0.1, 0.15) is 38.5 Å². The summed E-state index contributed by atoms with van der Waals surface area (Å²) >= 11 is 0. The second kappa shape index (κ2) is 5.69. The predicted molar refractivity (Wildman–Crippen MR) is 55.3 cm³/mol. The SMILES string of the molecule is COCCCC1(O)CCCC(OC)C1. The van der Waals surface area contributed by atoms with E-state index in [9.17, 15) is 5.11 Å². The minimum Gasteiger partial charge on any atom is -0.390 e. The highest BCUT2D eigenvalue weighted by molar-refractivity contribution is 4.86. The molecule has 3 heteroatoms. The topological polar surface area (TPSA) is 38.7 Å². The molecule has 84 valence electrons. The van der Waals surface area contributed by atoms with Gasteiger partial charge in [0.05, 0.1) is 11.7 Å². The Morgan fingerprint density at radius 3 is 2.86 bits per heavy atom. The Morgan fingerprint density at radius 2 is 2.21 bits per heavy atom. The second-order valence-electron chi connectivity index (χ2n) is 4.27. The van der Waals surface area contributed by atoms with E-state index in [0.29, 0.717) is 0 Å². The van der Waals surface area contributed by atoms with Crippen LogP contribution in [0.4, 0.5) is 0 Å². The summed E-state index contributed by atoms with van der Waals surface area (Å²) in [5.74, 6) is 0. The Morgan fingerprint density at radius 1 is 1.43 bits per heavy atom. The first-order chi connectivity index (χ1) is 6.70. The zero-order valence-electron chi connectivity index (χ0n) is 9.29. The maximum absolute atomic E-state index is 10.3. The Bertz CT molecular complexity index is 161. The summed E-state index contributed by atoms with van der Waals surface area (Å²) in [6.07, 6.45) is 5.87. The van der Waals surface area contributed by atoms with Crippen LogP contribution >= 0.6 is 0 Å². The molecule has 1 saturated carbocycles. The highest BCUT2D eigenvalue weighted by Crippen LogP contribution is 2.33. The number of hydrogen-bond donors (Lipinski definition) is 1. The third kappa shape index (κ3) is 3.56. The number of aliphatic hydroxyl groups is 1. The Hall–Kier alpha value is -0.120. The highest BCUT2D eigenvalue weighted by atomic mass is 16.5. The minimum atomic E-state index is -0.503. The average molecular weight is 202 g/mol. The van der Waals surface area contributed by atoms with Gasteiger partial charge in [0, 0.05) is 27.2 Å². The summed E-state index contributed by atoms with van der Waals surface area (Å²) in [6.45, 7) is 0.736. The van der Waals surface area contributed by atoms with Gasteiger partial charge in [-0.2, -0.15) is 0 Å². The van der Waals surface area contributed by atoms with Gasteiger partial charge in [0.2, 0.25) is 0 Å². The highest BCUT2D eigenvalue weighted by Gasteiger charge is 2.33. The van der Waals surface area contributed by atoms with E-state index in [1.807, 2.05) is 0 Å². The fraction of sp³-hybridized carbons (Fsp3) is 1.00. The lowest BCUT2D eigenvalue weighted by molar-refractivity contribution is -0.0663. The zero-order chi connectivity index (χ0) is 10.4. The van der Waals surface area contributed by atoms with Gasteiger partial charge in [-0.25, -0.2) is 0 Å². The first kappa shape index (κ1) is 12.0. The number of methoxy groups -OCH3 is 2. The molecule has 3 nitrogen and oxygen atoms in total. The third-order valence-electron chi connectivity index (χ3n) is 3.10. The second-order valence-corrected chi connectivity index (χ2v) is 4.27. The molecule has 2 unspecified atom stereocenters. The standard InChI is InChI=1S/C11H22O3/c1-13-8-4-7-11(12)6-3-5-10(9-11)14-2/h10,12H,3-9H2,1-2H3. The smallest absolute Gasteiger partial charge is 0.0673 e. The molecule has 0 aliphatic heterocycles. The molecule has 2 atom stereocenters. The summed E-state index contributed by atoms with van der Waals surface area (Å²) in [7, 11) is 3.43. The largest absolute Gasteiger partial charge is 0.390 e. The van der Waals surface area contributed by atoms with Crippen LogP contribution in [0.5, 0.6) is 0 Å². The number of hydrogen-bond acceptors (Lipinski definition) is 3. The molecule has 14 heavy (non-hydrogen) atoms. The molecule has 0 spiro atoms. The molecule has 1 fully saturated rings. The van der Waals surface area contributed by atoms with Crippen molar-refractivity contribution in [3.63, 3.8) is 0 Å². The molecule has 0 aromatic carbocycles. The van der Waals surface area contributed by atoms with Crippen molar-refractivity contribution in [1.29, 1.82) is 0 Å². The zero-order valence-corrected chi connectivity index (χ0v) is 9.29.